The summed E-state index contributed by atoms with van der Waals surface area (Å²) in [6.45, 7) is 2.67. The van der Waals surface area contributed by atoms with E-state index in [0.29, 0.717) is 25.9 Å². The summed E-state index contributed by atoms with van der Waals surface area (Å²) < 4.78 is 27.6. The zero-order valence-electron chi connectivity index (χ0n) is 11.1. The summed E-state index contributed by atoms with van der Waals surface area (Å²) >= 11 is 0. The van der Waals surface area contributed by atoms with Crippen LogP contribution in [0.3, 0.4) is 0 Å². The van der Waals surface area contributed by atoms with E-state index in [1.165, 1.54) is 21.4 Å². The van der Waals surface area contributed by atoms with Crippen molar-refractivity contribution in [1.82, 2.24) is 14.1 Å². The van der Waals surface area contributed by atoms with Gasteiger partial charge in [-0.25, -0.2) is 8.42 Å². The fraction of sp³-hybridized carbons (Fsp3) is 0.636. The molecule has 2 rings (SSSR count). The van der Waals surface area contributed by atoms with Crippen LogP contribution in [0.1, 0.15) is 19.8 Å². The van der Waals surface area contributed by atoms with Gasteiger partial charge in [0.1, 0.15) is 4.90 Å². The van der Waals surface area contributed by atoms with Crippen LogP contribution in [-0.4, -0.2) is 41.4 Å². The van der Waals surface area contributed by atoms with Gasteiger partial charge in [0.2, 0.25) is 10.0 Å². The van der Waals surface area contributed by atoms with E-state index >= 15 is 0 Å². The van der Waals surface area contributed by atoms with Crippen molar-refractivity contribution >= 4 is 15.9 Å². The maximum absolute atomic E-state index is 12.4. The molecule has 1 aliphatic heterocycles. The molecule has 1 fully saturated rings. The fourth-order valence-electron chi connectivity index (χ4n) is 2.17. The first-order valence-electron chi connectivity index (χ1n) is 6.09. The van der Waals surface area contributed by atoms with Crippen molar-refractivity contribution in [3.05, 3.63) is 12.4 Å². The van der Waals surface area contributed by atoms with Gasteiger partial charge in [0.15, 0.2) is 0 Å². The molecule has 1 aromatic rings. The molecule has 0 spiro atoms. The highest BCUT2D eigenvalue weighted by Crippen LogP contribution is 2.32. The second kappa shape index (κ2) is 4.61. The molecular formula is C11H19N5O2S. The van der Waals surface area contributed by atoms with E-state index in [2.05, 4.69) is 5.10 Å². The number of amidine groups is 1. The van der Waals surface area contributed by atoms with E-state index in [0.717, 1.165) is 0 Å². The molecule has 8 heteroatoms. The van der Waals surface area contributed by atoms with Crippen molar-refractivity contribution in [1.29, 1.82) is 5.41 Å². The average Bonchev–Trinajstić information content (AvgIpc) is 2.77. The lowest BCUT2D eigenvalue weighted by Crippen LogP contribution is -2.46. The van der Waals surface area contributed by atoms with Gasteiger partial charge in [0.05, 0.1) is 12.0 Å². The highest BCUT2D eigenvalue weighted by molar-refractivity contribution is 7.89. The number of sulfonamides is 1. The second-order valence-electron chi connectivity index (χ2n) is 5.23. The molecule has 1 aromatic heterocycles. The Morgan fingerprint density at radius 3 is 2.47 bits per heavy atom. The normalized spacial score (nSPS) is 20.3. The summed E-state index contributed by atoms with van der Waals surface area (Å²) in [7, 11) is -1.80. The van der Waals surface area contributed by atoms with Gasteiger partial charge in [-0.3, -0.25) is 10.1 Å². The topological polar surface area (TPSA) is 105 Å². The van der Waals surface area contributed by atoms with Gasteiger partial charge in [-0.15, -0.1) is 0 Å². The molecule has 3 N–H and O–H groups in total. The number of aromatic nitrogens is 2. The quantitative estimate of drug-likeness (QED) is 0.609. The number of hydrogen-bond acceptors (Lipinski definition) is 4. The van der Waals surface area contributed by atoms with Crippen LogP contribution in [0, 0.1) is 10.8 Å². The van der Waals surface area contributed by atoms with Gasteiger partial charge in [-0.2, -0.15) is 9.40 Å². The minimum absolute atomic E-state index is 0.130. The number of hydrogen-bond donors (Lipinski definition) is 2. The SMILES string of the molecule is Cn1cc(S(=O)(=O)N2CCC(C)(C(=N)N)CC2)cn1. The predicted octanol–water partition coefficient (Wildman–Crippen LogP) is 0.147. The van der Waals surface area contributed by atoms with Crippen LogP contribution in [0.2, 0.25) is 0 Å². The van der Waals surface area contributed by atoms with E-state index in [-0.39, 0.29) is 16.1 Å². The van der Waals surface area contributed by atoms with E-state index in [9.17, 15) is 8.42 Å². The molecule has 1 saturated heterocycles. The number of aryl methyl sites for hydroxylation is 1. The molecule has 19 heavy (non-hydrogen) atoms. The van der Waals surface area contributed by atoms with Crippen molar-refractivity contribution < 1.29 is 8.42 Å². The Balaban J connectivity index is 2.16. The lowest BCUT2D eigenvalue weighted by atomic mass is 9.80. The third kappa shape index (κ3) is 2.50. The summed E-state index contributed by atoms with van der Waals surface area (Å²) in [5.74, 6) is 0.130. The third-order valence-electron chi connectivity index (χ3n) is 3.80. The van der Waals surface area contributed by atoms with Crippen LogP contribution in [0.5, 0.6) is 0 Å². The van der Waals surface area contributed by atoms with E-state index in [4.69, 9.17) is 11.1 Å². The molecule has 0 atom stereocenters. The zero-order chi connectivity index (χ0) is 14.3. The first-order valence-corrected chi connectivity index (χ1v) is 7.53. The molecule has 0 unspecified atom stereocenters. The lowest BCUT2D eigenvalue weighted by molar-refractivity contribution is 0.240. The third-order valence-corrected chi connectivity index (χ3v) is 5.65. The number of nitrogens with zero attached hydrogens (tertiary/aromatic N) is 3. The van der Waals surface area contributed by atoms with Crippen molar-refractivity contribution in [3.63, 3.8) is 0 Å². The smallest absolute Gasteiger partial charge is 0.246 e. The fourth-order valence-corrected chi connectivity index (χ4v) is 3.60. The Labute approximate surface area is 112 Å². The first kappa shape index (κ1) is 14.0. The highest BCUT2D eigenvalue weighted by atomic mass is 32.2. The molecule has 7 nitrogen and oxygen atoms in total. The van der Waals surface area contributed by atoms with Gasteiger partial charge in [0, 0.05) is 31.7 Å². The predicted molar refractivity (Wildman–Crippen MR) is 71.2 cm³/mol. The highest BCUT2D eigenvalue weighted by Gasteiger charge is 2.37. The average molecular weight is 285 g/mol. The second-order valence-corrected chi connectivity index (χ2v) is 7.17. The Bertz CT molecular complexity index is 584. The molecule has 0 amide bonds. The van der Waals surface area contributed by atoms with Crippen LogP contribution in [0.25, 0.3) is 0 Å². The molecular weight excluding hydrogens is 266 g/mol. The van der Waals surface area contributed by atoms with Gasteiger partial charge in [-0.1, -0.05) is 6.92 Å². The number of rotatable bonds is 3. The van der Waals surface area contributed by atoms with Crippen LogP contribution < -0.4 is 5.73 Å². The van der Waals surface area contributed by atoms with Gasteiger partial charge < -0.3 is 5.73 Å². The summed E-state index contributed by atoms with van der Waals surface area (Å²) in [6.07, 6.45) is 3.99. The minimum Gasteiger partial charge on any atom is -0.387 e. The molecule has 0 radical (unpaired) electrons. The van der Waals surface area contributed by atoms with Crippen LogP contribution in [0.15, 0.2) is 17.3 Å². The summed E-state index contributed by atoms with van der Waals surface area (Å²) in [5.41, 5.74) is 5.18. The number of piperidine rings is 1. The lowest BCUT2D eigenvalue weighted by Gasteiger charge is -2.37. The van der Waals surface area contributed by atoms with Crippen molar-refractivity contribution in [3.8, 4) is 0 Å². The molecule has 0 aromatic carbocycles. The summed E-state index contributed by atoms with van der Waals surface area (Å²) in [6, 6.07) is 0. The number of nitrogens with two attached hydrogens (primary N) is 1. The van der Waals surface area contributed by atoms with E-state index < -0.39 is 10.0 Å². The Morgan fingerprint density at radius 1 is 1.47 bits per heavy atom. The maximum atomic E-state index is 12.4. The Kier molecular flexibility index (Phi) is 3.40. The van der Waals surface area contributed by atoms with Gasteiger partial charge in [0.25, 0.3) is 0 Å². The molecule has 106 valence electrons. The van der Waals surface area contributed by atoms with Crippen LogP contribution in [0.4, 0.5) is 0 Å². The maximum Gasteiger partial charge on any atom is 0.246 e. The first-order chi connectivity index (χ1) is 8.75. The molecule has 2 heterocycles. The van der Waals surface area contributed by atoms with E-state index in [1.807, 2.05) is 6.92 Å². The van der Waals surface area contributed by atoms with E-state index in [1.54, 1.807) is 7.05 Å². The largest absolute Gasteiger partial charge is 0.387 e. The van der Waals surface area contributed by atoms with Crippen molar-refractivity contribution in [2.45, 2.75) is 24.7 Å². The molecule has 0 bridgehead atoms. The zero-order valence-corrected chi connectivity index (χ0v) is 11.9. The van der Waals surface area contributed by atoms with Crippen LogP contribution >= 0.6 is 0 Å². The van der Waals surface area contributed by atoms with Crippen molar-refractivity contribution in [2.75, 3.05) is 13.1 Å². The monoisotopic (exact) mass is 285 g/mol. The summed E-state index contributed by atoms with van der Waals surface area (Å²) in [5, 5.41) is 11.5. The van der Waals surface area contributed by atoms with Crippen molar-refractivity contribution in [2.24, 2.45) is 18.2 Å². The van der Waals surface area contributed by atoms with Gasteiger partial charge >= 0.3 is 0 Å². The molecule has 0 aliphatic carbocycles. The Morgan fingerprint density at radius 2 is 2.05 bits per heavy atom. The minimum atomic E-state index is -3.48. The van der Waals surface area contributed by atoms with Gasteiger partial charge in [-0.05, 0) is 12.8 Å². The molecule has 1 aliphatic rings. The molecule has 0 saturated carbocycles. The standard InChI is InChI=1S/C11H19N5O2S/c1-11(10(12)13)3-5-16(6-4-11)19(17,18)9-7-14-15(2)8-9/h7-8H,3-6H2,1-2H3,(H3,12,13). The van der Waals surface area contributed by atoms with Crippen LogP contribution in [-0.2, 0) is 17.1 Å². The Hall–Kier alpha value is -1.41. The summed E-state index contributed by atoms with van der Waals surface area (Å²) in [4.78, 5) is 0.210. The number of nitrogens with one attached hydrogen (secondary N) is 1.